The Hall–Kier alpha value is -0.770. The van der Waals surface area contributed by atoms with Crippen LogP contribution in [0.3, 0.4) is 0 Å². The summed E-state index contributed by atoms with van der Waals surface area (Å²) in [6.45, 7) is 0. The zero-order chi connectivity index (χ0) is 14.1. The normalized spacial score (nSPS) is 29.6. The molecule has 0 aliphatic heterocycles. The molecule has 0 aromatic heterocycles. The Morgan fingerprint density at radius 2 is 2.25 bits per heavy atom. The maximum Gasteiger partial charge on any atom is 0.122 e. The minimum atomic E-state index is 0.317. The number of ether oxygens (including phenoxy) is 1. The van der Waals surface area contributed by atoms with E-state index in [-0.39, 0.29) is 0 Å². The van der Waals surface area contributed by atoms with Crippen LogP contribution in [0, 0.1) is 17.8 Å². The first-order valence-electron chi connectivity index (χ1n) is 7.49. The number of methoxy groups -OCH3 is 1. The van der Waals surface area contributed by atoms with Crippen LogP contribution in [0.1, 0.15) is 31.2 Å². The number of hydrogen-bond donors (Lipinski definition) is 2. The predicted octanol–water partition coefficient (Wildman–Crippen LogP) is 3.16. The standard InChI is InChI=1S/C16H23ClN2O/c1-20-16-5-4-13(17)8-12(16)9-15(19-18)14-7-10-2-3-11(14)6-10/h4-5,8,10-11,14-15,19H,2-3,6-7,9,18H2,1H3. The lowest BCUT2D eigenvalue weighted by Gasteiger charge is -2.30. The number of rotatable bonds is 5. The summed E-state index contributed by atoms with van der Waals surface area (Å²) >= 11 is 6.12. The van der Waals surface area contributed by atoms with E-state index in [1.807, 2.05) is 18.2 Å². The minimum absolute atomic E-state index is 0.317. The van der Waals surface area contributed by atoms with Gasteiger partial charge in [-0.1, -0.05) is 18.0 Å². The zero-order valence-corrected chi connectivity index (χ0v) is 12.7. The molecule has 0 radical (unpaired) electrons. The first-order chi connectivity index (χ1) is 9.71. The molecule has 4 atom stereocenters. The first-order valence-corrected chi connectivity index (χ1v) is 7.87. The molecule has 1 aromatic rings. The fourth-order valence-electron chi connectivity index (χ4n) is 4.26. The van der Waals surface area contributed by atoms with Crippen LogP contribution in [-0.2, 0) is 6.42 Å². The third-order valence-electron chi connectivity index (χ3n) is 5.21. The maximum atomic E-state index is 6.12. The second-order valence-electron chi connectivity index (χ2n) is 6.27. The van der Waals surface area contributed by atoms with Crippen molar-refractivity contribution in [1.82, 2.24) is 5.43 Å². The summed E-state index contributed by atoms with van der Waals surface area (Å²) in [6, 6.07) is 6.12. The van der Waals surface area contributed by atoms with Crippen molar-refractivity contribution in [1.29, 1.82) is 0 Å². The van der Waals surface area contributed by atoms with Crippen molar-refractivity contribution >= 4 is 11.6 Å². The van der Waals surface area contributed by atoms with Crippen molar-refractivity contribution < 1.29 is 4.74 Å². The van der Waals surface area contributed by atoms with Crippen LogP contribution in [-0.4, -0.2) is 13.2 Å². The van der Waals surface area contributed by atoms with E-state index in [1.165, 1.54) is 25.7 Å². The second kappa shape index (κ2) is 5.92. The van der Waals surface area contributed by atoms with Crippen LogP contribution in [0.25, 0.3) is 0 Å². The van der Waals surface area contributed by atoms with E-state index < -0.39 is 0 Å². The summed E-state index contributed by atoms with van der Waals surface area (Å²) in [5.74, 6) is 9.22. The number of benzene rings is 1. The molecule has 4 heteroatoms. The molecular weight excluding hydrogens is 272 g/mol. The number of nitrogens with two attached hydrogens (primary N) is 1. The molecule has 2 fully saturated rings. The van der Waals surface area contributed by atoms with Crippen LogP contribution in [0.4, 0.5) is 0 Å². The van der Waals surface area contributed by atoms with Gasteiger partial charge < -0.3 is 4.74 Å². The fraction of sp³-hybridized carbons (Fsp3) is 0.625. The van der Waals surface area contributed by atoms with Gasteiger partial charge >= 0.3 is 0 Å². The molecule has 3 nitrogen and oxygen atoms in total. The average molecular weight is 295 g/mol. The number of hydrogen-bond acceptors (Lipinski definition) is 3. The van der Waals surface area contributed by atoms with E-state index in [4.69, 9.17) is 22.2 Å². The summed E-state index contributed by atoms with van der Waals surface area (Å²) in [5, 5.41) is 0.754. The lowest BCUT2D eigenvalue weighted by atomic mass is 9.81. The molecular formula is C16H23ClN2O. The molecule has 1 aromatic carbocycles. The minimum Gasteiger partial charge on any atom is -0.496 e. The third kappa shape index (κ3) is 2.67. The monoisotopic (exact) mass is 294 g/mol. The van der Waals surface area contributed by atoms with E-state index in [0.717, 1.165) is 34.6 Å². The molecule has 0 heterocycles. The van der Waals surface area contributed by atoms with Gasteiger partial charge in [0, 0.05) is 11.1 Å². The molecule has 0 amide bonds. The van der Waals surface area contributed by atoms with Gasteiger partial charge in [-0.2, -0.15) is 0 Å². The molecule has 3 rings (SSSR count). The largest absolute Gasteiger partial charge is 0.496 e. The van der Waals surface area contributed by atoms with Crippen molar-refractivity contribution in [2.45, 2.75) is 38.1 Å². The van der Waals surface area contributed by atoms with Gasteiger partial charge in [0.2, 0.25) is 0 Å². The molecule has 2 aliphatic rings. The lowest BCUT2D eigenvalue weighted by Crippen LogP contribution is -2.44. The highest BCUT2D eigenvalue weighted by Crippen LogP contribution is 2.50. The van der Waals surface area contributed by atoms with Gasteiger partial charge in [0.1, 0.15) is 5.75 Å². The molecule has 3 N–H and O–H groups in total. The van der Waals surface area contributed by atoms with E-state index in [1.54, 1.807) is 7.11 Å². The molecule has 0 spiro atoms. The van der Waals surface area contributed by atoms with Gasteiger partial charge in [0.25, 0.3) is 0 Å². The Morgan fingerprint density at radius 3 is 2.85 bits per heavy atom. The summed E-state index contributed by atoms with van der Waals surface area (Å²) in [4.78, 5) is 0. The van der Waals surface area contributed by atoms with Gasteiger partial charge in [-0.3, -0.25) is 11.3 Å². The Labute approximate surface area is 125 Å². The molecule has 2 bridgehead atoms. The van der Waals surface area contributed by atoms with E-state index in [9.17, 15) is 0 Å². The van der Waals surface area contributed by atoms with Crippen LogP contribution in [0.15, 0.2) is 18.2 Å². The van der Waals surface area contributed by atoms with Crippen molar-refractivity contribution in [3.8, 4) is 5.75 Å². The van der Waals surface area contributed by atoms with Crippen molar-refractivity contribution in [2.24, 2.45) is 23.6 Å². The number of hydrazine groups is 1. The summed E-state index contributed by atoms with van der Waals surface area (Å²) in [6.07, 6.45) is 6.39. The van der Waals surface area contributed by atoms with E-state index in [2.05, 4.69) is 5.43 Å². The topological polar surface area (TPSA) is 47.3 Å². The highest BCUT2D eigenvalue weighted by molar-refractivity contribution is 6.30. The van der Waals surface area contributed by atoms with E-state index >= 15 is 0 Å². The SMILES string of the molecule is COc1ccc(Cl)cc1CC(NN)C1CC2CCC1C2. The fourth-order valence-corrected chi connectivity index (χ4v) is 4.46. The lowest BCUT2D eigenvalue weighted by molar-refractivity contribution is 0.246. The van der Waals surface area contributed by atoms with Crippen LogP contribution >= 0.6 is 11.6 Å². The number of nitrogens with one attached hydrogen (secondary N) is 1. The molecule has 4 unspecified atom stereocenters. The van der Waals surface area contributed by atoms with E-state index in [0.29, 0.717) is 12.0 Å². The molecule has 2 aliphatic carbocycles. The predicted molar refractivity (Wildman–Crippen MR) is 81.8 cm³/mol. The van der Waals surface area contributed by atoms with Gasteiger partial charge in [-0.25, -0.2) is 0 Å². The highest BCUT2D eigenvalue weighted by Gasteiger charge is 2.42. The second-order valence-corrected chi connectivity index (χ2v) is 6.71. The van der Waals surface area contributed by atoms with Crippen molar-refractivity contribution in [3.05, 3.63) is 28.8 Å². The van der Waals surface area contributed by atoms with Gasteiger partial charge in [0.15, 0.2) is 0 Å². The van der Waals surface area contributed by atoms with Crippen LogP contribution in [0.5, 0.6) is 5.75 Å². The molecule has 0 saturated heterocycles. The average Bonchev–Trinajstić information content (AvgIpc) is 3.07. The maximum absolute atomic E-state index is 6.12. The quantitative estimate of drug-likeness (QED) is 0.648. The summed E-state index contributed by atoms with van der Waals surface area (Å²) < 4.78 is 5.44. The molecule has 110 valence electrons. The molecule has 20 heavy (non-hydrogen) atoms. The summed E-state index contributed by atoms with van der Waals surface area (Å²) in [7, 11) is 1.70. The van der Waals surface area contributed by atoms with Crippen molar-refractivity contribution in [3.63, 3.8) is 0 Å². The summed E-state index contributed by atoms with van der Waals surface area (Å²) in [5.41, 5.74) is 4.19. The van der Waals surface area contributed by atoms with Gasteiger partial charge in [0.05, 0.1) is 7.11 Å². The van der Waals surface area contributed by atoms with Gasteiger partial charge in [-0.15, -0.1) is 0 Å². The highest BCUT2D eigenvalue weighted by atomic mass is 35.5. The number of fused-ring (bicyclic) bond motifs is 2. The first kappa shape index (κ1) is 14.2. The Kier molecular flexibility index (Phi) is 4.20. The zero-order valence-electron chi connectivity index (χ0n) is 11.9. The van der Waals surface area contributed by atoms with Gasteiger partial charge in [-0.05, 0) is 67.2 Å². The molecule has 2 saturated carbocycles. The van der Waals surface area contributed by atoms with Crippen molar-refractivity contribution in [2.75, 3.05) is 7.11 Å². The van der Waals surface area contributed by atoms with Crippen LogP contribution in [0.2, 0.25) is 5.02 Å². The third-order valence-corrected chi connectivity index (χ3v) is 5.44. The Bertz CT molecular complexity index is 480. The number of halogens is 1. The Balaban J connectivity index is 1.76. The Morgan fingerprint density at radius 1 is 1.40 bits per heavy atom. The smallest absolute Gasteiger partial charge is 0.122 e. The van der Waals surface area contributed by atoms with Crippen LogP contribution < -0.4 is 16.0 Å².